The molecular formula is C12H18N4. The van der Waals surface area contributed by atoms with Gasteiger partial charge >= 0.3 is 0 Å². The van der Waals surface area contributed by atoms with Crippen molar-refractivity contribution >= 4 is 5.82 Å². The zero-order valence-electron chi connectivity index (χ0n) is 9.76. The minimum Gasteiger partial charge on any atom is -0.352 e. The summed E-state index contributed by atoms with van der Waals surface area (Å²) in [6.45, 7) is 6.66. The fraction of sp³-hybridized carbons (Fsp3) is 0.667. The van der Waals surface area contributed by atoms with Crippen LogP contribution in [0.4, 0.5) is 5.82 Å². The molecule has 0 aromatic carbocycles. The first-order valence-electron chi connectivity index (χ1n) is 6.10. The van der Waals surface area contributed by atoms with Crippen LogP contribution in [0.3, 0.4) is 0 Å². The van der Waals surface area contributed by atoms with Crippen LogP contribution >= 0.6 is 0 Å². The molecule has 1 aromatic rings. The zero-order valence-corrected chi connectivity index (χ0v) is 9.76. The Morgan fingerprint density at radius 3 is 2.94 bits per heavy atom. The molecule has 0 saturated carbocycles. The fourth-order valence-electron chi connectivity index (χ4n) is 2.75. The molecule has 0 aliphatic carbocycles. The maximum atomic E-state index is 4.46. The third kappa shape index (κ3) is 1.78. The van der Waals surface area contributed by atoms with Crippen LogP contribution in [-0.2, 0) is 0 Å². The lowest BCUT2D eigenvalue weighted by atomic mass is 10.1. The molecule has 4 nitrogen and oxygen atoms in total. The molecule has 1 unspecified atom stereocenters. The van der Waals surface area contributed by atoms with Gasteiger partial charge in [0.1, 0.15) is 5.82 Å². The smallest absolute Gasteiger partial charge is 0.147 e. The number of piperazine rings is 1. The van der Waals surface area contributed by atoms with E-state index >= 15 is 0 Å². The zero-order chi connectivity index (χ0) is 11.0. The summed E-state index contributed by atoms with van der Waals surface area (Å²) in [5, 5.41) is 0. The number of aromatic nitrogens is 2. The maximum Gasteiger partial charge on any atom is 0.147 e. The molecule has 4 heteroatoms. The minimum absolute atomic E-state index is 0.747. The first-order valence-corrected chi connectivity index (χ1v) is 6.10. The third-order valence-electron chi connectivity index (χ3n) is 3.68. The number of aryl methyl sites for hydroxylation is 1. The van der Waals surface area contributed by atoms with Crippen LogP contribution in [0.25, 0.3) is 0 Å². The van der Waals surface area contributed by atoms with Crippen molar-refractivity contribution in [3.63, 3.8) is 0 Å². The number of anilines is 1. The van der Waals surface area contributed by atoms with Crippen molar-refractivity contribution in [2.75, 3.05) is 31.1 Å². The van der Waals surface area contributed by atoms with Crippen molar-refractivity contribution in [2.45, 2.75) is 25.8 Å². The van der Waals surface area contributed by atoms with Crippen LogP contribution in [0, 0.1) is 6.92 Å². The molecule has 1 atom stereocenters. The highest BCUT2D eigenvalue weighted by molar-refractivity contribution is 5.37. The molecule has 3 heterocycles. The van der Waals surface area contributed by atoms with Gasteiger partial charge in [0.25, 0.3) is 0 Å². The molecule has 0 N–H and O–H groups in total. The lowest BCUT2D eigenvalue weighted by Gasteiger charge is -2.37. The molecule has 16 heavy (non-hydrogen) atoms. The highest BCUT2D eigenvalue weighted by atomic mass is 15.3. The average Bonchev–Trinajstić information content (AvgIpc) is 2.77. The van der Waals surface area contributed by atoms with E-state index in [1.54, 1.807) is 0 Å². The molecule has 86 valence electrons. The van der Waals surface area contributed by atoms with Crippen LogP contribution < -0.4 is 4.90 Å². The Kier molecular flexibility index (Phi) is 2.52. The van der Waals surface area contributed by atoms with Gasteiger partial charge < -0.3 is 4.90 Å². The van der Waals surface area contributed by atoms with Crippen LogP contribution in [0.15, 0.2) is 12.4 Å². The molecule has 1 aromatic heterocycles. The van der Waals surface area contributed by atoms with Crippen LogP contribution in [0.2, 0.25) is 0 Å². The summed E-state index contributed by atoms with van der Waals surface area (Å²) >= 11 is 0. The largest absolute Gasteiger partial charge is 0.352 e. The summed E-state index contributed by atoms with van der Waals surface area (Å²) in [5.41, 5.74) is 0.989. The summed E-state index contributed by atoms with van der Waals surface area (Å²) in [4.78, 5) is 13.8. The van der Waals surface area contributed by atoms with Gasteiger partial charge in [-0.1, -0.05) is 0 Å². The first-order chi connectivity index (χ1) is 7.83. The SMILES string of the molecule is Cc1cnc(N2CCN3CCCC3C2)cn1. The van der Waals surface area contributed by atoms with E-state index < -0.39 is 0 Å². The van der Waals surface area contributed by atoms with E-state index in [-0.39, 0.29) is 0 Å². The molecule has 2 aliphatic rings. The van der Waals surface area contributed by atoms with Gasteiger partial charge in [0.2, 0.25) is 0 Å². The predicted molar refractivity (Wildman–Crippen MR) is 63.6 cm³/mol. The molecule has 3 rings (SSSR count). The summed E-state index contributed by atoms with van der Waals surface area (Å²) < 4.78 is 0. The van der Waals surface area contributed by atoms with E-state index in [2.05, 4.69) is 19.8 Å². The number of hydrogen-bond donors (Lipinski definition) is 0. The van der Waals surface area contributed by atoms with Crippen molar-refractivity contribution in [1.82, 2.24) is 14.9 Å². The summed E-state index contributed by atoms with van der Waals surface area (Å²) in [7, 11) is 0. The summed E-state index contributed by atoms with van der Waals surface area (Å²) in [6.07, 6.45) is 6.46. The molecule has 0 spiro atoms. The fourth-order valence-corrected chi connectivity index (χ4v) is 2.75. The topological polar surface area (TPSA) is 32.3 Å². The molecule has 2 fully saturated rings. The second kappa shape index (κ2) is 4.01. The normalized spacial score (nSPS) is 25.8. The Balaban J connectivity index is 1.74. The molecular weight excluding hydrogens is 200 g/mol. The summed E-state index contributed by atoms with van der Waals surface area (Å²) in [5.74, 6) is 1.04. The maximum absolute atomic E-state index is 4.46. The van der Waals surface area contributed by atoms with Crippen molar-refractivity contribution in [3.05, 3.63) is 18.1 Å². The Labute approximate surface area is 96.3 Å². The number of rotatable bonds is 1. The van der Waals surface area contributed by atoms with Gasteiger partial charge in [0.15, 0.2) is 0 Å². The quantitative estimate of drug-likeness (QED) is 0.706. The van der Waals surface area contributed by atoms with E-state index in [1.165, 1.54) is 25.9 Å². The van der Waals surface area contributed by atoms with Gasteiger partial charge in [-0.05, 0) is 26.3 Å². The van der Waals surface area contributed by atoms with Gasteiger partial charge in [0, 0.05) is 25.7 Å². The van der Waals surface area contributed by atoms with Gasteiger partial charge in [-0.15, -0.1) is 0 Å². The molecule has 0 bridgehead atoms. The second-order valence-electron chi connectivity index (χ2n) is 4.79. The predicted octanol–water partition coefficient (Wildman–Crippen LogP) is 1.07. The standard InChI is InChI=1S/C12H18N4/c1-10-7-14-12(8-13-10)16-6-5-15-4-2-3-11(15)9-16/h7-8,11H,2-6,9H2,1H3. The molecule has 2 aliphatic heterocycles. The van der Waals surface area contributed by atoms with Crippen LogP contribution in [0.1, 0.15) is 18.5 Å². The number of hydrogen-bond acceptors (Lipinski definition) is 4. The molecule has 2 saturated heterocycles. The Hall–Kier alpha value is -1.16. The second-order valence-corrected chi connectivity index (χ2v) is 4.79. The monoisotopic (exact) mass is 218 g/mol. The number of fused-ring (bicyclic) bond motifs is 1. The van der Waals surface area contributed by atoms with E-state index in [4.69, 9.17) is 0 Å². The van der Waals surface area contributed by atoms with Gasteiger partial charge in [0.05, 0.1) is 18.1 Å². The Bertz CT molecular complexity index is 362. The van der Waals surface area contributed by atoms with Crippen LogP contribution in [0.5, 0.6) is 0 Å². The van der Waals surface area contributed by atoms with E-state index in [0.717, 1.165) is 30.6 Å². The lowest BCUT2D eigenvalue weighted by molar-refractivity contribution is 0.230. The lowest BCUT2D eigenvalue weighted by Crippen LogP contribution is -2.50. The van der Waals surface area contributed by atoms with Gasteiger partial charge in [-0.25, -0.2) is 4.98 Å². The summed E-state index contributed by atoms with van der Waals surface area (Å²) in [6, 6.07) is 0.747. The van der Waals surface area contributed by atoms with Gasteiger partial charge in [-0.2, -0.15) is 0 Å². The van der Waals surface area contributed by atoms with E-state index in [0.29, 0.717) is 0 Å². The minimum atomic E-state index is 0.747. The molecule has 0 radical (unpaired) electrons. The van der Waals surface area contributed by atoms with Crippen molar-refractivity contribution < 1.29 is 0 Å². The Morgan fingerprint density at radius 1 is 1.19 bits per heavy atom. The third-order valence-corrected chi connectivity index (χ3v) is 3.68. The van der Waals surface area contributed by atoms with Crippen molar-refractivity contribution in [1.29, 1.82) is 0 Å². The average molecular weight is 218 g/mol. The van der Waals surface area contributed by atoms with E-state index in [1.807, 2.05) is 19.3 Å². The molecule has 0 amide bonds. The van der Waals surface area contributed by atoms with Crippen molar-refractivity contribution in [3.8, 4) is 0 Å². The highest BCUT2D eigenvalue weighted by Crippen LogP contribution is 2.23. The van der Waals surface area contributed by atoms with Crippen molar-refractivity contribution in [2.24, 2.45) is 0 Å². The Morgan fingerprint density at radius 2 is 2.12 bits per heavy atom. The van der Waals surface area contributed by atoms with E-state index in [9.17, 15) is 0 Å². The first kappa shape index (κ1) is 10.0. The number of nitrogens with zero attached hydrogens (tertiary/aromatic N) is 4. The van der Waals surface area contributed by atoms with Gasteiger partial charge in [-0.3, -0.25) is 9.88 Å². The van der Waals surface area contributed by atoms with Crippen LogP contribution in [-0.4, -0.2) is 47.1 Å². The highest BCUT2D eigenvalue weighted by Gasteiger charge is 2.30.